The summed E-state index contributed by atoms with van der Waals surface area (Å²) in [5, 5.41) is 11.4. The second-order valence-electron chi connectivity index (χ2n) is 3.82. The number of nitriles is 1. The van der Waals surface area contributed by atoms with E-state index >= 15 is 0 Å². The normalized spacial score (nSPS) is 11.2. The van der Waals surface area contributed by atoms with Crippen molar-refractivity contribution in [2.24, 2.45) is 0 Å². The van der Waals surface area contributed by atoms with E-state index in [2.05, 4.69) is 9.71 Å². The lowest BCUT2D eigenvalue weighted by atomic mass is 10.2. The smallest absolute Gasteiger partial charge is 0.240 e. The molecule has 2 aromatic rings. The van der Waals surface area contributed by atoms with E-state index in [0.29, 0.717) is 11.3 Å². The summed E-state index contributed by atoms with van der Waals surface area (Å²) in [7, 11) is -3.57. The number of aryl methyl sites for hydroxylation is 1. The molecule has 0 spiro atoms. The Balaban J connectivity index is 2.11. The van der Waals surface area contributed by atoms with Gasteiger partial charge in [0, 0.05) is 5.38 Å². The topological polar surface area (TPSA) is 82.8 Å². The molecule has 0 aliphatic heterocycles. The van der Waals surface area contributed by atoms with Crippen LogP contribution >= 0.6 is 11.3 Å². The van der Waals surface area contributed by atoms with Gasteiger partial charge in [-0.15, -0.1) is 11.3 Å². The first kappa shape index (κ1) is 13.7. The minimum atomic E-state index is -3.57. The van der Waals surface area contributed by atoms with Gasteiger partial charge in [0.15, 0.2) is 0 Å². The van der Waals surface area contributed by atoms with E-state index in [1.54, 1.807) is 0 Å². The Morgan fingerprint density at radius 3 is 2.58 bits per heavy atom. The molecule has 98 valence electrons. The van der Waals surface area contributed by atoms with Crippen LogP contribution in [0.5, 0.6) is 0 Å². The average Bonchev–Trinajstić information content (AvgIpc) is 2.82. The van der Waals surface area contributed by atoms with Gasteiger partial charge in [-0.1, -0.05) is 0 Å². The highest BCUT2D eigenvalue weighted by Crippen LogP contribution is 2.12. The summed E-state index contributed by atoms with van der Waals surface area (Å²) in [6.07, 6.45) is 0. The molecule has 2 rings (SSSR count). The summed E-state index contributed by atoms with van der Waals surface area (Å²) in [5.74, 6) is 0. The monoisotopic (exact) mass is 293 g/mol. The number of nitrogens with zero attached hydrogens (tertiary/aromatic N) is 2. The molecule has 1 aromatic heterocycles. The Bertz CT molecular complexity index is 712. The molecule has 0 bridgehead atoms. The third-order valence-corrected chi connectivity index (χ3v) is 4.64. The minimum absolute atomic E-state index is 0.137. The first-order valence-corrected chi connectivity index (χ1v) is 7.78. The highest BCUT2D eigenvalue weighted by Gasteiger charge is 2.14. The van der Waals surface area contributed by atoms with Gasteiger partial charge in [0.1, 0.15) is 0 Å². The molecular weight excluding hydrogens is 282 g/mol. The summed E-state index contributed by atoms with van der Waals surface area (Å²) >= 11 is 1.47. The van der Waals surface area contributed by atoms with Crippen LogP contribution in [-0.2, 0) is 16.6 Å². The van der Waals surface area contributed by atoms with Gasteiger partial charge in [-0.3, -0.25) is 0 Å². The number of aromatic nitrogens is 1. The maximum Gasteiger partial charge on any atom is 0.240 e. The van der Waals surface area contributed by atoms with Crippen LogP contribution in [0.4, 0.5) is 0 Å². The zero-order chi connectivity index (χ0) is 13.9. The highest BCUT2D eigenvalue weighted by molar-refractivity contribution is 7.89. The number of nitrogens with one attached hydrogen (secondary N) is 1. The van der Waals surface area contributed by atoms with E-state index in [9.17, 15) is 8.42 Å². The fraction of sp³-hybridized carbons (Fsp3) is 0.167. The summed E-state index contributed by atoms with van der Waals surface area (Å²) < 4.78 is 26.5. The molecule has 19 heavy (non-hydrogen) atoms. The van der Waals surface area contributed by atoms with E-state index in [1.807, 2.05) is 18.4 Å². The maximum absolute atomic E-state index is 12.0. The van der Waals surface area contributed by atoms with Crippen LogP contribution in [0.25, 0.3) is 0 Å². The van der Waals surface area contributed by atoms with Crippen LogP contribution in [0.1, 0.15) is 16.3 Å². The standard InChI is InChI=1S/C12H11N3O2S2/c1-9-15-11(8-18-9)7-14-19(16,17)12-4-2-10(6-13)3-5-12/h2-5,8,14H,7H2,1H3. The second-order valence-corrected chi connectivity index (χ2v) is 6.65. The molecule has 1 N–H and O–H groups in total. The van der Waals surface area contributed by atoms with Gasteiger partial charge in [-0.05, 0) is 31.2 Å². The average molecular weight is 293 g/mol. The second kappa shape index (κ2) is 5.48. The Morgan fingerprint density at radius 1 is 1.37 bits per heavy atom. The van der Waals surface area contributed by atoms with Crippen LogP contribution in [0, 0.1) is 18.3 Å². The molecular formula is C12H11N3O2S2. The predicted molar refractivity (Wildman–Crippen MR) is 72.0 cm³/mol. The van der Waals surface area contributed by atoms with Crippen molar-refractivity contribution in [1.82, 2.24) is 9.71 Å². The zero-order valence-electron chi connectivity index (χ0n) is 10.1. The first-order chi connectivity index (χ1) is 9.01. The highest BCUT2D eigenvalue weighted by atomic mass is 32.2. The van der Waals surface area contributed by atoms with Gasteiger partial charge in [0.2, 0.25) is 10.0 Å². The van der Waals surface area contributed by atoms with Crippen molar-refractivity contribution in [2.45, 2.75) is 18.4 Å². The third-order valence-electron chi connectivity index (χ3n) is 2.40. The molecule has 0 fully saturated rings. The number of hydrogen-bond donors (Lipinski definition) is 1. The van der Waals surface area contributed by atoms with Crippen LogP contribution in [-0.4, -0.2) is 13.4 Å². The van der Waals surface area contributed by atoms with E-state index < -0.39 is 10.0 Å². The molecule has 0 unspecified atom stereocenters. The number of rotatable bonds is 4. The van der Waals surface area contributed by atoms with Crippen LogP contribution in [0.2, 0.25) is 0 Å². The number of hydrogen-bond acceptors (Lipinski definition) is 5. The lowest BCUT2D eigenvalue weighted by Gasteiger charge is -2.05. The van der Waals surface area contributed by atoms with Gasteiger partial charge >= 0.3 is 0 Å². The molecule has 0 saturated heterocycles. The van der Waals surface area contributed by atoms with Crippen molar-refractivity contribution in [3.05, 3.63) is 45.9 Å². The third kappa shape index (κ3) is 3.38. The van der Waals surface area contributed by atoms with Crippen LogP contribution in [0.3, 0.4) is 0 Å². The fourth-order valence-electron chi connectivity index (χ4n) is 1.45. The zero-order valence-corrected chi connectivity index (χ0v) is 11.8. The SMILES string of the molecule is Cc1nc(CNS(=O)(=O)c2ccc(C#N)cc2)cs1. The Labute approximate surface area is 115 Å². The largest absolute Gasteiger partial charge is 0.245 e. The van der Waals surface area contributed by atoms with E-state index in [1.165, 1.54) is 35.6 Å². The molecule has 0 aliphatic carbocycles. The molecule has 1 aromatic carbocycles. The molecule has 0 radical (unpaired) electrons. The van der Waals surface area contributed by atoms with Crippen molar-refractivity contribution in [1.29, 1.82) is 5.26 Å². The summed E-state index contributed by atoms with van der Waals surface area (Å²) in [4.78, 5) is 4.32. The Kier molecular flexibility index (Phi) is 3.95. The van der Waals surface area contributed by atoms with E-state index in [4.69, 9.17) is 5.26 Å². The van der Waals surface area contributed by atoms with Crippen LogP contribution in [0.15, 0.2) is 34.5 Å². The quantitative estimate of drug-likeness (QED) is 0.931. The van der Waals surface area contributed by atoms with Crippen molar-refractivity contribution >= 4 is 21.4 Å². The van der Waals surface area contributed by atoms with Gasteiger partial charge in [-0.2, -0.15) is 5.26 Å². The lowest BCUT2D eigenvalue weighted by molar-refractivity contribution is 0.580. The molecule has 5 nitrogen and oxygen atoms in total. The van der Waals surface area contributed by atoms with Crippen molar-refractivity contribution < 1.29 is 8.42 Å². The summed E-state index contributed by atoms with van der Waals surface area (Å²) in [6, 6.07) is 7.71. The maximum atomic E-state index is 12.0. The van der Waals surface area contributed by atoms with Crippen molar-refractivity contribution in [3.8, 4) is 6.07 Å². The van der Waals surface area contributed by atoms with Crippen LogP contribution < -0.4 is 4.72 Å². The Morgan fingerprint density at radius 2 is 2.05 bits per heavy atom. The molecule has 0 amide bonds. The molecule has 0 atom stereocenters. The Hall–Kier alpha value is -1.75. The number of sulfonamides is 1. The van der Waals surface area contributed by atoms with Gasteiger partial charge < -0.3 is 0 Å². The lowest BCUT2D eigenvalue weighted by Crippen LogP contribution is -2.23. The number of thiazole rings is 1. The molecule has 0 saturated carbocycles. The molecule has 1 heterocycles. The van der Waals surface area contributed by atoms with E-state index in [-0.39, 0.29) is 11.4 Å². The van der Waals surface area contributed by atoms with Crippen molar-refractivity contribution in [2.75, 3.05) is 0 Å². The van der Waals surface area contributed by atoms with Crippen molar-refractivity contribution in [3.63, 3.8) is 0 Å². The molecule has 7 heteroatoms. The predicted octanol–water partition coefficient (Wildman–Crippen LogP) is 1.80. The first-order valence-electron chi connectivity index (χ1n) is 5.42. The number of benzene rings is 1. The van der Waals surface area contributed by atoms with Gasteiger partial charge in [0.25, 0.3) is 0 Å². The van der Waals surface area contributed by atoms with Gasteiger partial charge in [-0.25, -0.2) is 18.1 Å². The minimum Gasteiger partial charge on any atom is -0.245 e. The summed E-state index contributed by atoms with van der Waals surface area (Å²) in [6.45, 7) is 2.02. The molecule has 0 aliphatic rings. The van der Waals surface area contributed by atoms with Gasteiger partial charge in [0.05, 0.1) is 33.8 Å². The fourth-order valence-corrected chi connectivity index (χ4v) is 3.06. The van der Waals surface area contributed by atoms with E-state index in [0.717, 1.165) is 5.01 Å². The summed E-state index contributed by atoms with van der Waals surface area (Å²) in [5.41, 5.74) is 1.12.